The number of methoxy groups -OCH3 is 1. The molecule has 1 aromatic heterocycles. The predicted molar refractivity (Wildman–Crippen MR) is 76.8 cm³/mol. The van der Waals surface area contributed by atoms with Crippen molar-refractivity contribution in [3.63, 3.8) is 0 Å². The molecule has 2 N–H and O–H groups in total. The van der Waals surface area contributed by atoms with Crippen molar-refractivity contribution in [3.8, 4) is 0 Å². The van der Waals surface area contributed by atoms with Gasteiger partial charge in [-0.05, 0) is 31.2 Å². The van der Waals surface area contributed by atoms with E-state index in [0.717, 1.165) is 11.5 Å². The lowest BCUT2D eigenvalue weighted by Gasteiger charge is -2.10. The van der Waals surface area contributed by atoms with Crippen LogP contribution in [0.5, 0.6) is 0 Å². The Kier molecular flexibility index (Phi) is 4.84. The Hall–Kier alpha value is -2.21. The Labute approximate surface area is 117 Å². The van der Waals surface area contributed by atoms with Crippen molar-refractivity contribution in [1.82, 2.24) is 9.97 Å². The summed E-state index contributed by atoms with van der Waals surface area (Å²) in [4.78, 5) is 8.58. The molecule has 0 fully saturated rings. The summed E-state index contributed by atoms with van der Waals surface area (Å²) in [6.45, 7) is 3.09. The lowest BCUT2D eigenvalue weighted by atomic mass is 10.3. The first-order valence-corrected chi connectivity index (χ1v) is 6.28. The van der Waals surface area contributed by atoms with Gasteiger partial charge in [-0.3, -0.25) is 0 Å². The van der Waals surface area contributed by atoms with Crippen LogP contribution >= 0.6 is 0 Å². The van der Waals surface area contributed by atoms with Crippen molar-refractivity contribution in [1.29, 1.82) is 0 Å². The van der Waals surface area contributed by atoms with E-state index in [9.17, 15) is 4.39 Å². The molecule has 2 aromatic rings. The fourth-order valence-corrected chi connectivity index (χ4v) is 1.68. The molecule has 106 valence electrons. The Morgan fingerprint density at radius 3 is 2.55 bits per heavy atom. The fraction of sp³-hybridized carbons (Fsp3) is 0.286. The zero-order valence-electron chi connectivity index (χ0n) is 11.5. The van der Waals surface area contributed by atoms with Gasteiger partial charge in [-0.1, -0.05) is 0 Å². The third kappa shape index (κ3) is 4.17. The van der Waals surface area contributed by atoms with Crippen molar-refractivity contribution in [2.45, 2.75) is 6.92 Å². The van der Waals surface area contributed by atoms with Gasteiger partial charge in [-0.2, -0.15) is 0 Å². The molecule has 6 heteroatoms. The molecular weight excluding hydrogens is 259 g/mol. The van der Waals surface area contributed by atoms with Gasteiger partial charge in [0.2, 0.25) is 0 Å². The second-order valence-corrected chi connectivity index (χ2v) is 4.24. The summed E-state index contributed by atoms with van der Waals surface area (Å²) in [7, 11) is 1.65. The van der Waals surface area contributed by atoms with Gasteiger partial charge < -0.3 is 15.4 Å². The van der Waals surface area contributed by atoms with E-state index >= 15 is 0 Å². The number of aryl methyl sites for hydroxylation is 1. The molecule has 0 bridgehead atoms. The zero-order valence-corrected chi connectivity index (χ0v) is 11.5. The van der Waals surface area contributed by atoms with Crippen LogP contribution in [0.15, 0.2) is 30.3 Å². The standard InChI is InChI=1S/C14H17FN4O/c1-10-17-13(16-7-8-20-2)9-14(18-10)19-12-5-3-11(15)4-6-12/h3-6,9H,7-8H2,1-2H3,(H2,16,17,18,19). The first-order valence-electron chi connectivity index (χ1n) is 6.28. The summed E-state index contributed by atoms with van der Waals surface area (Å²) in [6.07, 6.45) is 0. The maximum Gasteiger partial charge on any atom is 0.136 e. The van der Waals surface area contributed by atoms with Crippen LogP contribution in [0.3, 0.4) is 0 Å². The molecule has 0 aliphatic carbocycles. The highest BCUT2D eigenvalue weighted by molar-refractivity contribution is 5.59. The van der Waals surface area contributed by atoms with Crippen molar-refractivity contribution in [2.24, 2.45) is 0 Å². The number of nitrogens with zero attached hydrogens (tertiary/aromatic N) is 2. The Bertz CT molecular complexity index is 560. The van der Waals surface area contributed by atoms with Gasteiger partial charge >= 0.3 is 0 Å². The largest absolute Gasteiger partial charge is 0.383 e. The summed E-state index contributed by atoms with van der Waals surface area (Å²) in [5.74, 6) is 1.76. The van der Waals surface area contributed by atoms with Gasteiger partial charge in [-0.15, -0.1) is 0 Å². The summed E-state index contributed by atoms with van der Waals surface area (Å²) < 4.78 is 17.8. The van der Waals surface area contributed by atoms with E-state index in [4.69, 9.17) is 4.74 Å². The molecular formula is C14H17FN4O. The zero-order chi connectivity index (χ0) is 14.4. The molecule has 0 radical (unpaired) electrons. The molecule has 0 aliphatic heterocycles. The molecule has 5 nitrogen and oxygen atoms in total. The SMILES string of the molecule is COCCNc1cc(Nc2ccc(F)cc2)nc(C)n1. The van der Waals surface area contributed by atoms with E-state index in [-0.39, 0.29) is 5.82 Å². The highest BCUT2D eigenvalue weighted by atomic mass is 19.1. The van der Waals surface area contributed by atoms with Crippen LogP contribution in [-0.2, 0) is 4.74 Å². The molecule has 1 heterocycles. The summed E-state index contributed by atoms with van der Waals surface area (Å²) >= 11 is 0. The highest BCUT2D eigenvalue weighted by Gasteiger charge is 2.02. The summed E-state index contributed by atoms with van der Waals surface area (Å²) in [5.41, 5.74) is 0.771. The van der Waals surface area contributed by atoms with E-state index < -0.39 is 0 Å². The number of hydrogen-bond donors (Lipinski definition) is 2. The molecule has 1 aromatic carbocycles. The molecule has 0 saturated heterocycles. The van der Waals surface area contributed by atoms with Crippen molar-refractivity contribution in [3.05, 3.63) is 42.0 Å². The summed E-state index contributed by atoms with van der Waals surface area (Å²) in [5, 5.41) is 6.26. The second kappa shape index (κ2) is 6.81. The second-order valence-electron chi connectivity index (χ2n) is 4.24. The van der Waals surface area contributed by atoms with E-state index in [1.54, 1.807) is 25.3 Å². The number of aromatic nitrogens is 2. The fourth-order valence-electron chi connectivity index (χ4n) is 1.68. The monoisotopic (exact) mass is 276 g/mol. The average Bonchev–Trinajstić information content (AvgIpc) is 2.41. The maximum absolute atomic E-state index is 12.9. The molecule has 0 spiro atoms. The number of halogens is 1. The quantitative estimate of drug-likeness (QED) is 0.794. The van der Waals surface area contributed by atoms with Crippen LogP contribution in [0.25, 0.3) is 0 Å². The van der Waals surface area contributed by atoms with E-state index in [1.165, 1.54) is 12.1 Å². The van der Waals surface area contributed by atoms with Crippen molar-refractivity contribution < 1.29 is 9.13 Å². The number of nitrogens with one attached hydrogen (secondary N) is 2. The Morgan fingerprint density at radius 2 is 1.85 bits per heavy atom. The minimum atomic E-state index is -0.267. The third-order valence-electron chi connectivity index (χ3n) is 2.57. The average molecular weight is 276 g/mol. The smallest absolute Gasteiger partial charge is 0.136 e. The van der Waals surface area contributed by atoms with Crippen LogP contribution in [0.1, 0.15) is 5.82 Å². The molecule has 0 saturated carbocycles. The number of hydrogen-bond acceptors (Lipinski definition) is 5. The minimum absolute atomic E-state index is 0.267. The van der Waals surface area contributed by atoms with E-state index in [0.29, 0.717) is 24.8 Å². The van der Waals surface area contributed by atoms with Crippen molar-refractivity contribution in [2.75, 3.05) is 30.9 Å². The van der Waals surface area contributed by atoms with Crippen LogP contribution < -0.4 is 10.6 Å². The lowest BCUT2D eigenvalue weighted by molar-refractivity contribution is 0.210. The Morgan fingerprint density at radius 1 is 1.15 bits per heavy atom. The molecule has 0 atom stereocenters. The minimum Gasteiger partial charge on any atom is -0.383 e. The molecule has 0 unspecified atom stereocenters. The van der Waals surface area contributed by atoms with Crippen LogP contribution in [0.2, 0.25) is 0 Å². The van der Waals surface area contributed by atoms with Crippen molar-refractivity contribution >= 4 is 17.3 Å². The number of ether oxygens (including phenoxy) is 1. The van der Waals surface area contributed by atoms with Gasteiger partial charge in [0.25, 0.3) is 0 Å². The van der Waals surface area contributed by atoms with Gasteiger partial charge in [0.1, 0.15) is 23.3 Å². The van der Waals surface area contributed by atoms with Gasteiger partial charge in [0.15, 0.2) is 0 Å². The van der Waals surface area contributed by atoms with Gasteiger partial charge in [0.05, 0.1) is 6.61 Å². The van der Waals surface area contributed by atoms with E-state index in [2.05, 4.69) is 20.6 Å². The van der Waals surface area contributed by atoms with Crippen LogP contribution in [0.4, 0.5) is 21.7 Å². The first-order chi connectivity index (χ1) is 9.67. The topological polar surface area (TPSA) is 59.1 Å². The first kappa shape index (κ1) is 14.2. The highest BCUT2D eigenvalue weighted by Crippen LogP contribution is 2.17. The number of anilines is 3. The van der Waals surface area contributed by atoms with Gasteiger partial charge in [0, 0.05) is 25.4 Å². The Balaban J connectivity index is 2.09. The van der Waals surface area contributed by atoms with Crippen LogP contribution in [0, 0.1) is 12.7 Å². The molecule has 0 amide bonds. The summed E-state index contributed by atoms with van der Waals surface area (Å²) in [6, 6.07) is 7.91. The van der Waals surface area contributed by atoms with Crippen LogP contribution in [-0.4, -0.2) is 30.2 Å². The van der Waals surface area contributed by atoms with Gasteiger partial charge in [-0.25, -0.2) is 14.4 Å². The normalized spacial score (nSPS) is 10.3. The number of benzene rings is 1. The molecule has 20 heavy (non-hydrogen) atoms. The van der Waals surface area contributed by atoms with E-state index in [1.807, 2.05) is 6.92 Å². The predicted octanol–water partition coefficient (Wildman–Crippen LogP) is 2.73. The third-order valence-corrected chi connectivity index (χ3v) is 2.57. The molecule has 2 rings (SSSR count). The number of rotatable bonds is 6. The maximum atomic E-state index is 12.9. The molecule has 0 aliphatic rings. The lowest BCUT2D eigenvalue weighted by Crippen LogP contribution is -2.10.